The maximum Gasteiger partial charge on any atom is 0.320 e. The van der Waals surface area contributed by atoms with Crippen LogP contribution in [0.3, 0.4) is 0 Å². The first-order chi connectivity index (χ1) is 8.63. The Morgan fingerprint density at radius 3 is 2.83 bits per heavy atom. The number of para-hydroxylation sites is 1. The number of rotatable bonds is 5. The molecule has 2 rings (SSSR count). The number of hydrogen-bond acceptors (Lipinski definition) is 2. The summed E-state index contributed by atoms with van der Waals surface area (Å²) < 4.78 is 0. The molecule has 1 heterocycles. The highest BCUT2D eigenvalue weighted by atomic mass is 16.4. The molecule has 0 fully saturated rings. The molecule has 96 valence electrons. The van der Waals surface area contributed by atoms with Crippen LogP contribution in [0.1, 0.15) is 24.6 Å². The highest BCUT2D eigenvalue weighted by molar-refractivity contribution is 5.85. The van der Waals surface area contributed by atoms with Crippen molar-refractivity contribution in [3.05, 3.63) is 35.5 Å². The van der Waals surface area contributed by atoms with Gasteiger partial charge in [-0.25, -0.2) is 0 Å². The van der Waals surface area contributed by atoms with Crippen LogP contribution < -0.4 is 5.73 Å². The molecule has 1 unspecified atom stereocenters. The molecule has 4 N–H and O–H groups in total. The highest BCUT2D eigenvalue weighted by Gasteiger charge is 2.18. The van der Waals surface area contributed by atoms with E-state index >= 15 is 0 Å². The summed E-state index contributed by atoms with van der Waals surface area (Å²) in [6.45, 7) is 2.10. The number of aromatic nitrogens is 1. The second-order valence-electron chi connectivity index (χ2n) is 4.53. The van der Waals surface area contributed by atoms with Crippen molar-refractivity contribution < 1.29 is 9.90 Å². The van der Waals surface area contributed by atoms with E-state index in [2.05, 4.69) is 11.9 Å². The number of aromatic amines is 1. The van der Waals surface area contributed by atoms with E-state index in [4.69, 9.17) is 10.8 Å². The Bertz CT molecular complexity index is 560. The molecule has 0 radical (unpaired) electrons. The van der Waals surface area contributed by atoms with Gasteiger partial charge in [0.15, 0.2) is 0 Å². The molecule has 1 aromatic carbocycles. The Labute approximate surface area is 106 Å². The lowest BCUT2D eigenvalue weighted by molar-refractivity contribution is -0.138. The second-order valence-corrected chi connectivity index (χ2v) is 4.53. The van der Waals surface area contributed by atoms with Gasteiger partial charge >= 0.3 is 5.97 Å². The van der Waals surface area contributed by atoms with E-state index in [0.29, 0.717) is 6.42 Å². The van der Waals surface area contributed by atoms with Crippen molar-refractivity contribution in [2.24, 2.45) is 5.73 Å². The molecule has 0 aliphatic rings. The summed E-state index contributed by atoms with van der Waals surface area (Å²) in [4.78, 5) is 14.3. The van der Waals surface area contributed by atoms with E-state index in [9.17, 15) is 4.79 Å². The van der Waals surface area contributed by atoms with Crippen LogP contribution in [0.15, 0.2) is 24.3 Å². The van der Waals surface area contributed by atoms with E-state index in [-0.39, 0.29) is 0 Å². The summed E-state index contributed by atoms with van der Waals surface area (Å²) in [6, 6.07) is 7.09. The fourth-order valence-corrected chi connectivity index (χ4v) is 2.26. The molecule has 4 heteroatoms. The van der Waals surface area contributed by atoms with Gasteiger partial charge in [0.1, 0.15) is 6.04 Å². The smallest absolute Gasteiger partial charge is 0.320 e. The fourth-order valence-electron chi connectivity index (χ4n) is 2.26. The van der Waals surface area contributed by atoms with Gasteiger partial charge in [-0.05, 0) is 18.1 Å². The van der Waals surface area contributed by atoms with E-state index in [1.807, 2.05) is 24.3 Å². The molecule has 0 aliphatic carbocycles. The van der Waals surface area contributed by atoms with Gasteiger partial charge in [-0.15, -0.1) is 0 Å². The maximum atomic E-state index is 10.9. The van der Waals surface area contributed by atoms with E-state index < -0.39 is 12.0 Å². The zero-order chi connectivity index (χ0) is 13.1. The van der Waals surface area contributed by atoms with Crippen LogP contribution >= 0.6 is 0 Å². The normalized spacial score (nSPS) is 12.8. The number of carbonyl (C=O) groups is 1. The highest BCUT2D eigenvalue weighted by Crippen LogP contribution is 2.24. The number of fused-ring (bicyclic) bond motifs is 1. The molecule has 0 saturated heterocycles. The van der Waals surface area contributed by atoms with Crippen LogP contribution in [0, 0.1) is 0 Å². The average molecular weight is 246 g/mol. The Morgan fingerprint density at radius 2 is 2.17 bits per heavy atom. The van der Waals surface area contributed by atoms with Gasteiger partial charge in [-0.2, -0.15) is 0 Å². The third kappa shape index (κ3) is 2.38. The second kappa shape index (κ2) is 5.23. The Morgan fingerprint density at radius 1 is 1.44 bits per heavy atom. The summed E-state index contributed by atoms with van der Waals surface area (Å²) in [5.41, 5.74) is 8.85. The Hall–Kier alpha value is -1.81. The third-order valence-corrected chi connectivity index (χ3v) is 3.14. The predicted octanol–water partition coefficient (Wildman–Crippen LogP) is 2.07. The van der Waals surface area contributed by atoms with Gasteiger partial charge in [-0.1, -0.05) is 31.5 Å². The first kappa shape index (κ1) is 12.6. The summed E-state index contributed by atoms with van der Waals surface area (Å²) in [5, 5.41) is 10.0. The van der Waals surface area contributed by atoms with Gasteiger partial charge < -0.3 is 15.8 Å². The van der Waals surface area contributed by atoms with Crippen LogP contribution in [-0.4, -0.2) is 22.1 Å². The number of nitrogens with one attached hydrogen (secondary N) is 1. The van der Waals surface area contributed by atoms with Crippen molar-refractivity contribution in [1.29, 1.82) is 0 Å². The van der Waals surface area contributed by atoms with Gasteiger partial charge in [0.05, 0.1) is 0 Å². The summed E-state index contributed by atoms with van der Waals surface area (Å²) in [6.07, 6.45) is 2.30. The van der Waals surface area contributed by atoms with Crippen LogP contribution in [-0.2, 0) is 17.6 Å². The zero-order valence-electron chi connectivity index (χ0n) is 10.4. The lowest BCUT2D eigenvalue weighted by atomic mass is 10.0. The van der Waals surface area contributed by atoms with E-state index in [0.717, 1.165) is 35.0 Å². The van der Waals surface area contributed by atoms with Crippen molar-refractivity contribution in [3.63, 3.8) is 0 Å². The van der Waals surface area contributed by atoms with Crippen LogP contribution in [0.4, 0.5) is 0 Å². The Kier molecular flexibility index (Phi) is 3.67. The number of carboxylic acids is 1. The summed E-state index contributed by atoms with van der Waals surface area (Å²) in [5.74, 6) is -0.956. The minimum Gasteiger partial charge on any atom is -0.480 e. The molecule has 0 saturated carbocycles. The quantitative estimate of drug-likeness (QED) is 0.755. The Balaban J connectivity index is 2.44. The molecule has 0 amide bonds. The van der Waals surface area contributed by atoms with Crippen molar-refractivity contribution >= 4 is 16.9 Å². The van der Waals surface area contributed by atoms with Gasteiger partial charge in [0.2, 0.25) is 0 Å². The molecule has 1 atom stereocenters. The monoisotopic (exact) mass is 246 g/mol. The zero-order valence-corrected chi connectivity index (χ0v) is 10.4. The molecule has 2 aromatic rings. The molecular formula is C14H18N2O2. The van der Waals surface area contributed by atoms with Gasteiger partial charge in [0, 0.05) is 23.0 Å². The minimum absolute atomic E-state index is 0.370. The van der Waals surface area contributed by atoms with Crippen molar-refractivity contribution in [3.8, 4) is 0 Å². The van der Waals surface area contributed by atoms with Gasteiger partial charge in [-0.3, -0.25) is 4.79 Å². The molecule has 1 aromatic heterocycles. The van der Waals surface area contributed by atoms with Crippen LogP contribution in [0.25, 0.3) is 10.9 Å². The number of carboxylic acid groups (broad SMARTS) is 1. The standard InChI is InChI=1S/C14H18N2O2/c1-2-5-12-10(8-11(15)14(17)18)9-6-3-4-7-13(9)16-12/h3-4,6-7,11,16H,2,5,8,15H2,1H3,(H,17,18). The van der Waals surface area contributed by atoms with Crippen LogP contribution in [0.5, 0.6) is 0 Å². The molecule has 4 nitrogen and oxygen atoms in total. The van der Waals surface area contributed by atoms with E-state index in [1.165, 1.54) is 0 Å². The first-order valence-corrected chi connectivity index (χ1v) is 6.20. The number of aliphatic carboxylic acids is 1. The summed E-state index contributed by atoms with van der Waals surface area (Å²) >= 11 is 0. The van der Waals surface area contributed by atoms with Crippen molar-refractivity contribution in [2.75, 3.05) is 0 Å². The molecular weight excluding hydrogens is 228 g/mol. The molecule has 0 aliphatic heterocycles. The lowest BCUT2D eigenvalue weighted by Crippen LogP contribution is -2.32. The molecule has 0 bridgehead atoms. The summed E-state index contributed by atoms with van der Waals surface area (Å²) in [7, 11) is 0. The minimum atomic E-state index is -0.956. The first-order valence-electron chi connectivity index (χ1n) is 6.20. The number of benzene rings is 1. The average Bonchev–Trinajstić information content (AvgIpc) is 2.68. The molecule has 0 spiro atoms. The predicted molar refractivity (Wildman–Crippen MR) is 71.6 cm³/mol. The van der Waals surface area contributed by atoms with E-state index in [1.54, 1.807) is 0 Å². The fraction of sp³-hybridized carbons (Fsp3) is 0.357. The number of nitrogens with two attached hydrogens (primary N) is 1. The number of H-pyrrole nitrogens is 1. The van der Waals surface area contributed by atoms with Crippen molar-refractivity contribution in [1.82, 2.24) is 4.98 Å². The third-order valence-electron chi connectivity index (χ3n) is 3.14. The lowest BCUT2D eigenvalue weighted by Gasteiger charge is -2.08. The SMILES string of the molecule is CCCc1[nH]c2ccccc2c1CC(N)C(=O)O. The topological polar surface area (TPSA) is 79.1 Å². The number of aryl methyl sites for hydroxylation is 1. The largest absolute Gasteiger partial charge is 0.480 e. The van der Waals surface area contributed by atoms with Crippen LogP contribution in [0.2, 0.25) is 0 Å². The number of hydrogen-bond donors (Lipinski definition) is 3. The maximum absolute atomic E-state index is 10.9. The van der Waals surface area contributed by atoms with Crippen molar-refractivity contribution in [2.45, 2.75) is 32.2 Å². The van der Waals surface area contributed by atoms with Gasteiger partial charge in [0.25, 0.3) is 0 Å². The molecule has 18 heavy (non-hydrogen) atoms.